The molecule has 0 aliphatic carbocycles. The van der Waals surface area contributed by atoms with Gasteiger partial charge in [0.15, 0.2) is 11.6 Å². The number of rotatable bonds is 12. The lowest BCUT2D eigenvalue weighted by Gasteiger charge is -2.26. The fourth-order valence-corrected chi connectivity index (χ4v) is 5.58. The first-order valence-electron chi connectivity index (χ1n) is 16.0. The molecule has 0 radical (unpaired) electrons. The van der Waals surface area contributed by atoms with Gasteiger partial charge in [-0.05, 0) is 74.0 Å². The topological polar surface area (TPSA) is 102 Å². The predicted octanol–water partition coefficient (Wildman–Crippen LogP) is 6.59. The number of benzene rings is 3. The molecule has 3 aromatic carbocycles. The molecule has 10 nitrogen and oxygen atoms in total. The van der Waals surface area contributed by atoms with Crippen LogP contribution < -0.4 is 19.7 Å². The lowest BCUT2D eigenvalue weighted by molar-refractivity contribution is -0.113. The van der Waals surface area contributed by atoms with Crippen molar-refractivity contribution >= 4 is 34.6 Å². The number of hydrogen-bond acceptors (Lipinski definition) is 8. The second-order valence-electron chi connectivity index (χ2n) is 11.5. The number of allylic oxidation sites excluding steroid dienone is 1. The molecule has 0 bridgehead atoms. The van der Waals surface area contributed by atoms with Gasteiger partial charge in [0.2, 0.25) is 6.41 Å². The molecule has 12 heteroatoms. The second kappa shape index (κ2) is 15.7. The number of nitrogens with one attached hydrogen (secondary N) is 1. The molecule has 2 fully saturated rings. The number of halogens is 2. The molecular weight excluding hydrogens is 634 g/mol. The maximum Gasteiger partial charge on any atom is 0.255 e. The van der Waals surface area contributed by atoms with Crippen LogP contribution in [0.1, 0.15) is 19.8 Å². The van der Waals surface area contributed by atoms with Gasteiger partial charge in [-0.15, -0.1) is 0 Å². The summed E-state index contributed by atoms with van der Waals surface area (Å²) in [5, 5.41) is 3.37. The molecule has 254 valence electrons. The molecule has 0 unspecified atom stereocenters. The minimum absolute atomic E-state index is 0.0310. The maximum atomic E-state index is 15.3. The van der Waals surface area contributed by atoms with Crippen molar-refractivity contribution in [3.05, 3.63) is 108 Å². The number of pyridine rings is 1. The average Bonchev–Trinajstić information content (AvgIpc) is 3.59. The van der Waals surface area contributed by atoms with Gasteiger partial charge in [0.05, 0.1) is 37.5 Å². The zero-order chi connectivity index (χ0) is 34.2. The van der Waals surface area contributed by atoms with E-state index in [0.29, 0.717) is 65.5 Å². The quantitative estimate of drug-likeness (QED) is 0.102. The Kier molecular flexibility index (Phi) is 10.8. The fourth-order valence-electron chi connectivity index (χ4n) is 5.58. The van der Waals surface area contributed by atoms with Crippen molar-refractivity contribution < 1.29 is 37.3 Å². The minimum atomic E-state index is -0.679. The summed E-state index contributed by atoms with van der Waals surface area (Å²) in [6, 6.07) is 16.8. The molecule has 0 saturated carbocycles. The smallest absolute Gasteiger partial charge is 0.255 e. The van der Waals surface area contributed by atoms with Gasteiger partial charge in [-0.1, -0.05) is 0 Å². The molecule has 1 aromatic heterocycles. The Hall–Kier alpha value is -5.33. The highest BCUT2D eigenvalue weighted by Gasteiger charge is 2.23. The van der Waals surface area contributed by atoms with Gasteiger partial charge in [-0.2, -0.15) is 0 Å². The SMILES string of the molecule is C/C(C(=O)Nc1ccc(Oc2ccnc3ccc(OCCCN4CCOCC4)cc23)c(F)c1)=C1/OCC/C1=C/N(C=O)c1ccc(F)cc1. The van der Waals surface area contributed by atoms with E-state index >= 15 is 4.39 Å². The minimum Gasteiger partial charge on any atom is -0.494 e. The summed E-state index contributed by atoms with van der Waals surface area (Å²) in [5.41, 5.74) is 2.20. The number of carbonyl (C=O) groups is 2. The van der Waals surface area contributed by atoms with Crippen LogP contribution in [0.25, 0.3) is 10.9 Å². The zero-order valence-corrected chi connectivity index (χ0v) is 27.0. The van der Waals surface area contributed by atoms with Gasteiger partial charge in [-0.25, -0.2) is 8.78 Å². The lowest BCUT2D eigenvalue weighted by Crippen LogP contribution is -2.37. The summed E-state index contributed by atoms with van der Waals surface area (Å²) in [5.74, 6) is -0.257. The number of carbonyl (C=O) groups excluding carboxylic acids is 2. The van der Waals surface area contributed by atoms with Crippen LogP contribution >= 0.6 is 0 Å². The standard InChI is InChI=1S/C37H36F2N4O6/c1-25(36-26(12-18-48-36)23-43(24-44)29-6-3-27(38)4-7-29)37(45)41-28-5-10-35(32(39)21-28)49-34-11-13-40-33-9-8-30(22-31(33)34)47-17-2-14-42-15-19-46-20-16-42/h3-11,13,21-24H,2,12,14-20H2,1H3,(H,41,45)/b26-23-,36-25-. The van der Waals surface area contributed by atoms with Gasteiger partial charge < -0.3 is 24.3 Å². The van der Waals surface area contributed by atoms with E-state index < -0.39 is 17.5 Å². The van der Waals surface area contributed by atoms with Gasteiger partial charge in [0.25, 0.3) is 5.91 Å². The summed E-state index contributed by atoms with van der Waals surface area (Å²) < 4.78 is 51.8. The molecule has 2 saturated heterocycles. The summed E-state index contributed by atoms with van der Waals surface area (Å²) in [6.07, 6.45) is 5.06. The van der Waals surface area contributed by atoms with Crippen LogP contribution in [0.15, 0.2) is 96.0 Å². The van der Waals surface area contributed by atoms with E-state index in [4.69, 9.17) is 18.9 Å². The van der Waals surface area contributed by atoms with E-state index in [-0.39, 0.29) is 17.0 Å². The molecular formula is C37H36F2N4O6. The van der Waals surface area contributed by atoms with Crippen molar-refractivity contribution in [3.63, 3.8) is 0 Å². The van der Waals surface area contributed by atoms with E-state index in [2.05, 4.69) is 15.2 Å². The monoisotopic (exact) mass is 670 g/mol. The molecule has 6 rings (SSSR count). The summed E-state index contributed by atoms with van der Waals surface area (Å²) in [4.78, 5) is 33.0. The number of hydrogen-bond donors (Lipinski definition) is 1. The third-order valence-corrected chi connectivity index (χ3v) is 8.20. The Morgan fingerprint density at radius 3 is 2.61 bits per heavy atom. The molecule has 2 amide bonds. The summed E-state index contributed by atoms with van der Waals surface area (Å²) in [6.45, 7) is 6.76. The molecule has 4 aromatic rings. The molecule has 2 aliphatic heterocycles. The van der Waals surface area contributed by atoms with Crippen LogP contribution in [0.3, 0.4) is 0 Å². The Labute approximate surface area is 282 Å². The zero-order valence-electron chi connectivity index (χ0n) is 27.0. The van der Waals surface area contributed by atoms with Crippen LogP contribution in [-0.4, -0.2) is 68.3 Å². The second-order valence-corrected chi connectivity index (χ2v) is 11.5. The number of ether oxygens (including phenoxy) is 4. The normalized spacial score (nSPS) is 16.7. The Morgan fingerprint density at radius 1 is 1.02 bits per heavy atom. The van der Waals surface area contributed by atoms with E-state index in [1.54, 1.807) is 25.4 Å². The van der Waals surface area contributed by atoms with Crippen LogP contribution in [-0.2, 0) is 19.1 Å². The number of amides is 2. The molecule has 3 heterocycles. The fraction of sp³-hybridized carbons (Fsp3) is 0.270. The lowest BCUT2D eigenvalue weighted by atomic mass is 10.1. The van der Waals surface area contributed by atoms with Crippen LogP contribution in [0.2, 0.25) is 0 Å². The van der Waals surface area contributed by atoms with Gasteiger partial charge in [-0.3, -0.25) is 24.4 Å². The highest BCUT2D eigenvalue weighted by Crippen LogP contribution is 2.34. The number of nitrogens with zero attached hydrogens (tertiary/aromatic N) is 3. The van der Waals surface area contributed by atoms with E-state index in [1.165, 1.54) is 47.4 Å². The summed E-state index contributed by atoms with van der Waals surface area (Å²) in [7, 11) is 0. The van der Waals surface area contributed by atoms with E-state index in [0.717, 1.165) is 39.3 Å². The van der Waals surface area contributed by atoms with Gasteiger partial charge in [0, 0.05) is 66.9 Å². The third-order valence-electron chi connectivity index (χ3n) is 8.20. The number of morpholine rings is 1. The van der Waals surface area contributed by atoms with Crippen LogP contribution in [0.5, 0.6) is 17.2 Å². The molecule has 2 aliphatic rings. The third kappa shape index (κ3) is 8.40. The first-order chi connectivity index (χ1) is 23.9. The molecule has 0 atom stereocenters. The van der Waals surface area contributed by atoms with Crippen molar-refractivity contribution in [2.75, 3.05) is 56.3 Å². The van der Waals surface area contributed by atoms with Crippen molar-refractivity contribution in [2.45, 2.75) is 19.8 Å². The maximum absolute atomic E-state index is 15.3. The molecule has 49 heavy (non-hydrogen) atoms. The van der Waals surface area contributed by atoms with Crippen LogP contribution in [0.4, 0.5) is 20.2 Å². The van der Waals surface area contributed by atoms with Crippen molar-refractivity contribution in [1.29, 1.82) is 0 Å². The molecule has 0 spiro atoms. The Morgan fingerprint density at radius 2 is 1.84 bits per heavy atom. The largest absolute Gasteiger partial charge is 0.494 e. The van der Waals surface area contributed by atoms with Gasteiger partial charge >= 0.3 is 0 Å². The average molecular weight is 671 g/mol. The highest BCUT2D eigenvalue weighted by atomic mass is 19.1. The molecule has 1 N–H and O–H groups in total. The Balaban J connectivity index is 1.11. The number of fused-ring (bicyclic) bond motifs is 1. The van der Waals surface area contributed by atoms with Crippen molar-refractivity contribution in [1.82, 2.24) is 9.88 Å². The highest BCUT2D eigenvalue weighted by molar-refractivity contribution is 6.04. The first-order valence-corrected chi connectivity index (χ1v) is 16.0. The van der Waals surface area contributed by atoms with Crippen molar-refractivity contribution in [3.8, 4) is 17.2 Å². The number of aromatic nitrogens is 1. The van der Waals surface area contributed by atoms with Gasteiger partial charge in [0.1, 0.15) is 23.1 Å². The first kappa shape index (κ1) is 33.6. The van der Waals surface area contributed by atoms with Crippen molar-refractivity contribution in [2.24, 2.45) is 0 Å². The Bertz CT molecular complexity index is 1880. The van der Waals surface area contributed by atoms with Crippen LogP contribution in [0, 0.1) is 11.6 Å². The van der Waals surface area contributed by atoms with E-state index in [9.17, 15) is 14.0 Å². The summed E-state index contributed by atoms with van der Waals surface area (Å²) >= 11 is 0. The van der Waals surface area contributed by atoms with E-state index in [1.807, 2.05) is 18.2 Å². The number of anilines is 2. The predicted molar refractivity (Wildman–Crippen MR) is 181 cm³/mol.